The first-order chi connectivity index (χ1) is 15.0. The molecule has 9 nitrogen and oxygen atoms in total. The van der Waals surface area contributed by atoms with Gasteiger partial charge in [0.05, 0.1) is 10.9 Å². The number of H-pyrrole nitrogens is 1. The number of aromatic nitrogens is 3. The molecular weight excluding hydrogens is 400 g/mol. The van der Waals surface area contributed by atoms with E-state index in [0.29, 0.717) is 31.3 Å². The van der Waals surface area contributed by atoms with E-state index < -0.39 is 17.2 Å². The van der Waals surface area contributed by atoms with Gasteiger partial charge in [0.2, 0.25) is 0 Å². The molecule has 2 aromatic heterocycles. The van der Waals surface area contributed by atoms with Crippen LogP contribution in [0, 0.1) is 0 Å². The summed E-state index contributed by atoms with van der Waals surface area (Å²) >= 11 is 0. The number of fused-ring (bicyclic) bond motifs is 2. The molecule has 1 aliphatic heterocycles. The molecule has 31 heavy (non-hydrogen) atoms. The number of pyridine rings is 1. The van der Waals surface area contributed by atoms with Crippen LogP contribution in [0.2, 0.25) is 0 Å². The van der Waals surface area contributed by atoms with Crippen LogP contribution in [0.4, 0.5) is 0 Å². The number of hydrogen-bond donors (Lipinski definition) is 2. The summed E-state index contributed by atoms with van der Waals surface area (Å²) in [6.07, 6.45) is 1.96. The van der Waals surface area contributed by atoms with E-state index in [1.165, 1.54) is 4.57 Å². The van der Waals surface area contributed by atoms with E-state index in [1.807, 2.05) is 18.2 Å². The summed E-state index contributed by atoms with van der Waals surface area (Å²) in [6, 6.07) is 7.18. The lowest BCUT2D eigenvalue weighted by Gasteiger charge is -2.19. The first-order valence-corrected chi connectivity index (χ1v) is 10.4. The first-order valence-electron chi connectivity index (χ1n) is 10.4. The third-order valence-electron chi connectivity index (χ3n) is 5.58. The molecule has 0 bridgehead atoms. The van der Waals surface area contributed by atoms with Crippen molar-refractivity contribution in [1.82, 2.24) is 19.9 Å². The van der Waals surface area contributed by atoms with Crippen molar-refractivity contribution in [1.29, 1.82) is 0 Å². The molecule has 2 aliphatic rings. The fourth-order valence-corrected chi connectivity index (χ4v) is 3.83. The summed E-state index contributed by atoms with van der Waals surface area (Å²) in [6.45, 7) is 3.39. The number of hydrogen-bond acceptors (Lipinski definition) is 6. The molecule has 0 radical (unpaired) electrons. The van der Waals surface area contributed by atoms with Gasteiger partial charge in [0.1, 0.15) is 13.2 Å². The van der Waals surface area contributed by atoms with Gasteiger partial charge in [0.25, 0.3) is 11.5 Å². The van der Waals surface area contributed by atoms with Gasteiger partial charge in [0.15, 0.2) is 17.1 Å². The predicted molar refractivity (Wildman–Crippen MR) is 113 cm³/mol. The summed E-state index contributed by atoms with van der Waals surface area (Å²) in [5, 5.41) is 3.01. The number of rotatable bonds is 5. The fourth-order valence-electron chi connectivity index (χ4n) is 3.83. The Labute approximate surface area is 177 Å². The van der Waals surface area contributed by atoms with Gasteiger partial charge in [-0.1, -0.05) is 6.07 Å². The highest BCUT2D eigenvalue weighted by atomic mass is 16.6. The molecule has 0 unspecified atom stereocenters. The Hall–Kier alpha value is -3.62. The minimum Gasteiger partial charge on any atom is -0.486 e. The summed E-state index contributed by atoms with van der Waals surface area (Å²) in [7, 11) is 0. The van der Waals surface area contributed by atoms with Crippen LogP contribution >= 0.6 is 0 Å². The molecule has 3 aromatic rings. The number of nitrogens with one attached hydrogen (secondary N) is 2. The topological polar surface area (TPSA) is 115 Å². The van der Waals surface area contributed by atoms with Crippen LogP contribution in [-0.2, 0) is 13.1 Å². The molecule has 1 aromatic carbocycles. The number of nitrogens with zero attached hydrogens (tertiary/aromatic N) is 2. The average molecular weight is 422 g/mol. The molecule has 1 aliphatic carbocycles. The van der Waals surface area contributed by atoms with Crippen LogP contribution in [0.25, 0.3) is 11.0 Å². The predicted octanol–water partition coefficient (Wildman–Crippen LogP) is 1.68. The number of carbonyl (C=O) groups excluding carboxylic acids is 1. The Morgan fingerprint density at radius 3 is 2.71 bits per heavy atom. The quantitative estimate of drug-likeness (QED) is 0.647. The minimum atomic E-state index is -0.607. The Balaban J connectivity index is 1.51. The highest BCUT2D eigenvalue weighted by Crippen LogP contribution is 2.40. The lowest BCUT2D eigenvalue weighted by molar-refractivity contribution is 0.0952. The lowest BCUT2D eigenvalue weighted by Crippen LogP contribution is -2.33. The number of aryl methyl sites for hydroxylation is 1. The van der Waals surface area contributed by atoms with E-state index in [0.717, 1.165) is 24.1 Å². The number of ether oxygens (including phenoxy) is 2. The molecule has 2 N–H and O–H groups in total. The van der Waals surface area contributed by atoms with Crippen LogP contribution in [0.15, 0.2) is 33.9 Å². The monoisotopic (exact) mass is 422 g/mol. The summed E-state index contributed by atoms with van der Waals surface area (Å²) in [4.78, 5) is 44.8. The highest BCUT2D eigenvalue weighted by molar-refractivity contribution is 6.05. The van der Waals surface area contributed by atoms with E-state index in [9.17, 15) is 14.4 Å². The van der Waals surface area contributed by atoms with Gasteiger partial charge in [-0.25, -0.2) is 9.78 Å². The smallest absolute Gasteiger partial charge is 0.329 e. The van der Waals surface area contributed by atoms with E-state index in [4.69, 9.17) is 9.47 Å². The maximum Gasteiger partial charge on any atom is 0.329 e. The van der Waals surface area contributed by atoms with Gasteiger partial charge >= 0.3 is 5.69 Å². The molecular formula is C22H22N4O5. The Morgan fingerprint density at radius 1 is 1.19 bits per heavy atom. The second-order valence-electron chi connectivity index (χ2n) is 7.73. The van der Waals surface area contributed by atoms with Gasteiger partial charge < -0.3 is 14.8 Å². The molecule has 1 saturated carbocycles. The molecule has 0 saturated heterocycles. The van der Waals surface area contributed by atoms with Crippen molar-refractivity contribution in [3.8, 4) is 11.5 Å². The molecule has 9 heteroatoms. The zero-order chi connectivity index (χ0) is 21.5. The zero-order valence-corrected chi connectivity index (χ0v) is 17.1. The second kappa shape index (κ2) is 7.57. The standard InChI is InChI=1S/C22H22N4O5/c1-2-26-19-18(21(28)25-22(26)29)14(10-15(24-19)13-4-5-13)20(27)23-11-12-3-6-16-17(9-12)31-8-7-30-16/h3,6,9-10,13H,2,4-5,7-8,11H2,1H3,(H,23,27)(H,25,28,29). The molecule has 0 spiro atoms. The van der Waals surface area contributed by atoms with Crippen molar-refractivity contribution in [2.75, 3.05) is 13.2 Å². The third-order valence-corrected chi connectivity index (χ3v) is 5.58. The van der Waals surface area contributed by atoms with Gasteiger partial charge in [-0.3, -0.25) is 19.1 Å². The zero-order valence-electron chi connectivity index (χ0n) is 17.1. The fraction of sp³-hybridized carbons (Fsp3) is 0.364. The van der Waals surface area contributed by atoms with E-state index in [-0.39, 0.29) is 29.1 Å². The summed E-state index contributed by atoms with van der Waals surface area (Å²) < 4.78 is 12.5. The van der Waals surface area contributed by atoms with E-state index in [2.05, 4.69) is 15.3 Å². The van der Waals surface area contributed by atoms with Crippen LogP contribution in [0.3, 0.4) is 0 Å². The Morgan fingerprint density at radius 2 is 1.97 bits per heavy atom. The van der Waals surface area contributed by atoms with Crippen LogP contribution < -0.4 is 26.0 Å². The van der Waals surface area contributed by atoms with Crippen molar-refractivity contribution < 1.29 is 14.3 Å². The highest BCUT2D eigenvalue weighted by Gasteiger charge is 2.28. The lowest BCUT2D eigenvalue weighted by atomic mass is 10.1. The van der Waals surface area contributed by atoms with Crippen molar-refractivity contribution in [3.05, 3.63) is 61.9 Å². The van der Waals surface area contributed by atoms with Crippen molar-refractivity contribution in [2.45, 2.75) is 38.8 Å². The van der Waals surface area contributed by atoms with Gasteiger partial charge in [0, 0.05) is 24.7 Å². The van der Waals surface area contributed by atoms with Gasteiger partial charge in [-0.2, -0.15) is 0 Å². The van der Waals surface area contributed by atoms with E-state index in [1.54, 1.807) is 13.0 Å². The molecule has 0 atom stereocenters. The van der Waals surface area contributed by atoms with Crippen molar-refractivity contribution in [3.63, 3.8) is 0 Å². The minimum absolute atomic E-state index is 0.130. The molecule has 5 rings (SSSR count). The first kappa shape index (κ1) is 19.3. The largest absolute Gasteiger partial charge is 0.486 e. The summed E-state index contributed by atoms with van der Waals surface area (Å²) in [5.74, 6) is 1.19. The summed E-state index contributed by atoms with van der Waals surface area (Å²) in [5.41, 5.74) is 0.937. The van der Waals surface area contributed by atoms with Crippen molar-refractivity contribution >= 4 is 16.9 Å². The number of amides is 1. The second-order valence-corrected chi connectivity index (χ2v) is 7.73. The molecule has 3 heterocycles. The van der Waals surface area contributed by atoms with Gasteiger partial charge in [-0.15, -0.1) is 0 Å². The normalized spacial score (nSPS) is 15.1. The Kier molecular flexibility index (Phi) is 4.72. The maximum absolute atomic E-state index is 13.1. The SMILES string of the molecule is CCn1c(=O)[nH]c(=O)c2c(C(=O)NCc3ccc4c(c3)OCCO4)cc(C3CC3)nc21. The maximum atomic E-state index is 13.1. The number of carbonyl (C=O) groups is 1. The Bertz CT molecular complexity index is 1310. The average Bonchev–Trinajstić information content (AvgIpc) is 3.62. The van der Waals surface area contributed by atoms with Crippen molar-refractivity contribution in [2.24, 2.45) is 0 Å². The van der Waals surface area contributed by atoms with Crippen LogP contribution in [-0.4, -0.2) is 33.7 Å². The van der Waals surface area contributed by atoms with Crippen LogP contribution in [0.5, 0.6) is 11.5 Å². The molecule has 1 fully saturated rings. The number of benzene rings is 1. The molecule has 160 valence electrons. The van der Waals surface area contributed by atoms with E-state index >= 15 is 0 Å². The third kappa shape index (κ3) is 3.56. The number of aromatic amines is 1. The van der Waals surface area contributed by atoms with Crippen LogP contribution in [0.1, 0.15) is 47.3 Å². The molecule has 1 amide bonds. The van der Waals surface area contributed by atoms with Gasteiger partial charge in [-0.05, 0) is 43.5 Å².